The zero-order valence-corrected chi connectivity index (χ0v) is 18.0. The minimum atomic E-state index is -0.243. The molecule has 2 aromatic carbocycles. The summed E-state index contributed by atoms with van der Waals surface area (Å²) in [5, 5.41) is 14.9. The molecule has 0 unspecified atom stereocenters. The first-order chi connectivity index (χ1) is 14.5. The number of carbonyl (C=O) groups excluding carboxylic acids is 2. The zero-order valence-electron chi connectivity index (χ0n) is 16.4. The molecule has 0 saturated carbocycles. The molecule has 0 bridgehead atoms. The van der Waals surface area contributed by atoms with Gasteiger partial charge in [-0.1, -0.05) is 35.5 Å². The molecule has 0 aliphatic heterocycles. The van der Waals surface area contributed by atoms with Gasteiger partial charge in [0.15, 0.2) is 5.16 Å². The number of anilines is 2. The van der Waals surface area contributed by atoms with Crippen LogP contribution in [0.3, 0.4) is 0 Å². The van der Waals surface area contributed by atoms with Gasteiger partial charge in [-0.15, -0.1) is 10.2 Å². The average molecular weight is 446 g/mol. The number of hydrogen-bond donors (Lipinski definition) is 2. The van der Waals surface area contributed by atoms with Crippen molar-refractivity contribution < 1.29 is 14.3 Å². The molecule has 1 heterocycles. The van der Waals surface area contributed by atoms with Gasteiger partial charge in [-0.3, -0.25) is 9.59 Å². The predicted molar refractivity (Wildman–Crippen MR) is 117 cm³/mol. The highest BCUT2D eigenvalue weighted by molar-refractivity contribution is 7.99. The van der Waals surface area contributed by atoms with Crippen LogP contribution < -0.4 is 15.4 Å². The van der Waals surface area contributed by atoms with Crippen molar-refractivity contribution in [1.29, 1.82) is 0 Å². The van der Waals surface area contributed by atoms with E-state index in [1.807, 2.05) is 12.1 Å². The molecule has 10 heteroatoms. The van der Waals surface area contributed by atoms with E-state index in [1.54, 1.807) is 55.1 Å². The molecular formula is C20H20ClN5O3S. The summed E-state index contributed by atoms with van der Waals surface area (Å²) in [5.41, 5.74) is 1.25. The van der Waals surface area contributed by atoms with Gasteiger partial charge in [-0.25, -0.2) is 0 Å². The van der Waals surface area contributed by atoms with Crippen molar-refractivity contribution in [3.8, 4) is 5.75 Å². The van der Waals surface area contributed by atoms with Crippen LogP contribution >= 0.6 is 23.4 Å². The standard InChI is InChI=1S/C20H20ClN5O3S/c1-26-17(11-18(27)23-15-5-3-4-6-16(15)29-2)24-25-20(26)30-12-19(28)22-14-9-7-13(21)8-10-14/h3-10H,11-12H2,1-2H3,(H,22,28)(H,23,27). The first-order valence-electron chi connectivity index (χ1n) is 8.95. The minimum Gasteiger partial charge on any atom is -0.495 e. The second-order valence-corrected chi connectivity index (χ2v) is 7.61. The molecular weight excluding hydrogens is 426 g/mol. The monoisotopic (exact) mass is 445 g/mol. The van der Waals surface area contributed by atoms with E-state index in [2.05, 4.69) is 20.8 Å². The molecule has 2 amide bonds. The number of amides is 2. The van der Waals surface area contributed by atoms with Crippen molar-refractivity contribution in [1.82, 2.24) is 14.8 Å². The van der Waals surface area contributed by atoms with Crippen molar-refractivity contribution in [3.63, 3.8) is 0 Å². The van der Waals surface area contributed by atoms with Gasteiger partial charge in [0.05, 0.1) is 25.0 Å². The third-order valence-electron chi connectivity index (χ3n) is 4.09. The number of thioether (sulfide) groups is 1. The maximum Gasteiger partial charge on any atom is 0.234 e. The Labute approximate surface area is 183 Å². The van der Waals surface area contributed by atoms with Crippen LogP contribution in [0, 0.1) is 0 Å². The highest BCUT2D eigenvalue weighted by Crippen LogP contribution is 2.23. The molecule has 0 aliphatic carbocycles. The number of rotatable bonds is 8. The van der Waals surface area contributed by atoms with Gasteiger partial charge in [0.25, 0.3) is 0 Å². The lowest BCUT2D eigenvalue weighted by molar-refractivity contribution is -0.116. The van der Waals surface area contributed by atoms with E-state index in [0.29, 0.717) is 33.1 Å². The summed E-state index contributed by atoms with van der Waals surface area (Å²) in [6.45, 7) is 0. The number of methoxy groups -OCH3 is 1. The van der Waals surface area contributed by atoms with Gasteiger partial charge in [0.1, 0.15) is 11.6 Å². The van der Waals surface area contributed by atoms with Crippen LogP contribution in [0.4, 0.5) is 11.4 Å². The van der Waals surface area contributed by atoms with Crippen molar-refractivity contribution in [2.24, 2.45) is 7.05 Å². The number of nitrogens with zero attached hydrogens (tertiary/aromatic N) is 3. The topological polar surface area (TPSA) is 98.1 Å². The molecule has 1 aromatic heterocycles. The Morgan fingerprint density at radius 2 is 1.80 bits per heavy atom. The number of halogens is 1. The first-order valence-corrected chi connectivity index (χ1v) is 10.3. The lowest BCUT2D eigenvalue weighted by Crippen LogP contribution is -2.17. The molecule has 0 atom stereocenters. The summed E-state index contributed by atoms with van der Waals surface area (Å²) < 4.78 is 6.93. The SMILES string of the molecule is COc1ccccc1NC(=O)Cc1nnc(SCC(=O)Nc2ccc(Cl)cc2)n1C. The summed E-state index contributed by atoms with van der Waals surface area (Å²) in [4.78, 5) is 24.5. The molecule has 0 aliphatic rings. The summed E-state index contributed by atoms with van der Waals surface area (Å²) in [6, 6.07) is 14.0. The van der Waals surface area contributed by atoms with E-state index in [4.69, 9.17) is 16.3 Å². The lowest BCUT2D eigenvalue weighted by Gasteiger charge is -2.09. The molecule has 3 rings (SSSR count). The molecule has 0 saturated heterocycles. The Kier molecular flexibility index (Phi) is 7.31. The number of hydrogen-bond acceptors (Lipinski definition) is 6. The van der Waals surface area contributed by atoms with E-state index >= 15 is 0 Å². The number of benzene rings is 2. The average Bonchev–Trinajstić information content (AvgIpc) is 3.08. The predicted octanol–water partition coefficient (Wildman–Crippen LogP) is 3.39. The molecule has 156 valence electrons. The number of carbonyl (C=O) groups is 2. The molecule has 0 fully saturated rings. The van der Waals surface area contributed by atoms with Gasteiger partial charge in [-0.05, 0) is 36.4 Å². The Bertz CT molecular complexity index is 1040. The van der Waals surface area contributed by atoms with Crippen molar-refractivity contribution in [3.05, 3.63) is 59.4 Å². The normalized spacial score (nSPS) is 10.5. The van der Waals surface area contributed by atoms with E-state index in [9.17, 15) is 9.59 Å². The highest BCUT2D eigenvalue weighted by Gasteiger charge is 2.15. The summed E-state index contributed by atoms with van der Waals surface area (Å²) in [5.74, 6) is 0.796. The summed E-state index contributed by atoms with van der Waals surface area (Å²) in [7, 11) is 3.30. The second-order valence-electron chi connectivity index (χ2n) is 6.23. The van der Waals surface area contributed by atoms with Gasteiger partial charge >= 0.3 is 0 Å². The number of nitrogens with one attached hydrogen (secondary N) is 2. The van der Waals surface area contributed by atoms with Gasteiger partial charge < -0.3 is 19.9 Å². The van der Waals surface area contributed by atoms with E-state index < -0.39 is 0 Å². The summed E-state index contributed by atoms with van der Waals surface area (Å²) >= 11 is 7.07. The molecule has 0 radical (unpaired) electrons. The Hall–Kier alpha value is -3.04. The molecule has 2 N–H and O–H groups in total. The molecule has 3 aromatic rings. The van der Waals surface area contributed by atoms with Crippen molar-refractivity contribution in [2.75, 3.05) is 23.5 Å². The molecule has 0 spiro atoms. The van der Waals surface area contributed by atoms with Crippen molar-refractivity contribution in [2.45, 2.75) is 11.6 Å². The first kappa shape index (κ1) is 21.7. The number of aromatic nitrogens is 3. The van der Waals surface area contributed by atoms with Crippen LogP contribution in [0.1, 0.15) is 5.82 Å². The van der Waals surface area contributed by atoms with Crippen LogP contribution in [0.5, 0.6) is 5.75 Å². The maximum absolute atomic E-state index is 12.4. The van der Waals surface area contributed by atoms with Gasteiger partial charge in [-0.2, -0.15) is 0 Å². The molecule has 8 nitrogen and oxygen atoms in total. The van der Waals surface area contributed by atoms with E-state index in [0.717, 1.165) is 0 Å². The fraction of sp³-hybridized carbons (Fsp3) is 0.200. The lowest BCUT2D eigenvalue weighted by atomic mass is 10.2. The van der Waals surface area contributed by atoms with Crippen LogP contribution in [0.25, 0.3) is 0 Å². The largest absolute Gasteiger partial charge is 0.495 e. The number of para-hydroxylation sites is 2. The van der Waals surface area contributed by atoms with E-state index in [1.165, 1.54) is 11.8 Å². The number of ether oxygens (including phenoxy) is 1. The van der Waals surface area contributed by atoms with Crippen LogP contribution in [-0.2, 0) is 23.1 Å². The zero-order chi connectivity index (χ0) is 21.5. The van der Waals surface area contributed by atoms with Gasteiger partial charge in [0, 0.05) is 17.8 Å². The second kappa shape index (κ2) is 10.1. The minimum absolute atomic E-state index is 0.0408. The van der Waals surface area contributed by atoms with Crippen molar-refractivity contribution >= 4 is 46.6 Å². The molecule has 30 heavy (non-hydrogen) atoms. The van der Waals surface area contributed by atoms with Crippen LogP contribution in [-0.4, -0.2) is 39.4 Å². The van der Waals surface area contributed by atoms with Crippen LogP contribution in [0.15, 0.2) is 53.7 Å². The highest BCUT2D eigenvalue weighted by atomic mass is 35.5. The fourth-order valence-electron chi connectivity index (χ4n) is 2.57. The Morgan fingerprint density at radius 3 is 2.53 bits per heavy atom. The third kappa shape index (κ3) is 5.74. The smallest absolute Gasteiger partial charge is 0.234 e. The fourth-order valence-corrected chi connectivity index (χ4v) is 3.43. The third-order valence-corrected chi connectivity index (χ3v) is 5.36. The quantitative estimate of drug-likeness (QED) is 0.516. The Balaban J connectivity index is 1.54. The van der Waals surface area contributed by atoms with Crippen LogP contribution in [0.2, 0.25) is 5.02 Å². The maximum atomic E-state index is 12.4. The van der Waals surface area contributed by atoms with Gasteiger partial charge in [0.2, 0.25) is 11.8 Å². The Morgan fingerprint density at radius 1 is 1.07 bits per heavy atom. The summed E-state index contributed by atoms with van der Waals surface area (Å²) in [6.07, 6.45) is 0.0408. The van der Waals surface area contributed by atoms with E-state index in [-0.39, 0.29) is 24.0 Å².